The minimum absolute atomic E-state index is 0.0337. The summed E-state index contributed by atoms with van der Waals surface area (Å²) in [7, 11) is -2.35. The lowest BCUT2D eigenvalue weighted by Crippen LogP contribution is -2.16. The van der Waals surface area contributed by atoms with E-state index in [-0.39, 0.29) is 17.2 Å². The highest BCUT2D eigenvalue weighted by atomic mass is 32.2. The van der Waals surface area contributed by atoms with Gasteiger partial charge in [0.2, 0.25) is 0 Å². The molecule has 8 nitrogen and oxygen atoms in total. The van der Waals surface area contributed by atoms with Gasteiger partial charge in [0.15, 0.2) is 0 Å². The third kappa shape index (κ3) is 5.52. The molecule has 2 aromatic rings. The number of methoxy groups -OCH3 is 1. The van der Waals surface area contributed by atoms with Gasteiger partial charge in [-0.3, -0.25) is 10.0 Å². The number of hydrogen-bond donors (Lipinski definition) is 2. The van der Waals surface area contributed by atoms with Crippen molar-refractivity contribution < 1.29 is 27.4 Å². The molecule has 1 amide bonds. The van der Waals surface area contributed by atoms with Crippen molar-refractivity contribution in [3.63, 3.8) is 0 Å². The van der Waals surface area contributed by atoms with E-state index in [0.717, 1.165) is 0 Å². The van der Waals surface area contributed by atoms with Crippen molar-refractivity contribution in [1.29, 1.82) is 0 Å². The standard InChI is InChI=1S/C18H22N2O6S/c1-4-25-17-11-10-15(12-16(17)19-18(21)26-5-2)27(22,23)20-13-6-8-14(24-3)9-7-13/h6-12,20H,4-5H2,1-3H3,(H,19,21). The van der Waals surface area contributed by atoms with Crippen LogP contribution in [0.15, 0.2) is 47.4 Å². The summed E-state index contributed by atoms with van der Waals surface area (Å²) in [5.74, 6) is 0.953. The van der Waals surface area contributed by atoms with Gasteiger partial charge in [-0.15, -0.1) is 0 Å². The van der Waals surface area contributed by atoms with Crippen molar-refractivity contribution in [3.05, 3.63) is 42.5 Å². The number of anilines is 2. The Bertz CT molecular complexity index is 881. The molecule has 2 aromatic carbocycles. The van der Waals surface area contributed by atoms with E-state index < -0.39 is 16.1 Å². The molecule has 2 rings (SSSR count). The average molecular weight is 394 g/mol. The molecule has 27 heavy (non-hydrogen) atoms. The molecule has 0 atom stereocenters. The SMILES string of the molecule is CCOC(=O)Nc1cc(S(=O)(=O)Nc2ccc(OC)cc2)ccc1OCC. The highest BCUT2D eigenvalue weighted by Crippen LogP contribution is 2.29. The first-order chi connectivity index (χ1) is 12.9. The normalized spacial score (nSPS) is 10.8. The lowest BCUT2D eigenvalue weighted by atomic mass is 10.3. The van der Waals surface area contributed by atoms with E-state index in [9.17, 15) is 13.2 Å². The van der Waals surface area contributed by atoms with Gasteiger partial charge in [0.25, 0.3) is 10.0 Å². The molecule has 9 heteroatoms. The second-order valence-electron chi connectivity index (χ2n) is 5.27. The summed E-state index contributed by atoms with van der Waals surface area (Å²) in [5, 5.41) is 2.49. The van der Waals surface area contributed by atoms with Gasteiger partial charge in [-0.05, 0) is 56.3 Å². The molecular formula is C18H22N2O6S. The minimum Gasteiger partial charge on any atom is -0.497 e. The Kier molecular flexibility index (Phi) is 6.89. The van der Waals surface area contributed by atoms with Gasteiger partial charge in [0.1, 0.15) is 11.5 Å². The first-order valence-electron chi connectivity index (χ1n) is 8.27. The third-order valence-corrected chi connectivity index (χ3v) is 4.79. The van der Waals surface area contributed by atoms with Crippen LogP contribution in [0.5, 0.6) is 11.5 Å². The van der Waals surface area contributed by atoms with E-state index in [1.165, 1.54) is 25.3 Å². The Morgan fingerprint density at radius 3 is 2.33 bits per heavy atom. The van der Waals surface area contributed by atoms with Crippen LogP contribution in [0.3, 0.4) is 0 Å². The highest BCUT2D eigenvalue weighted by Gasteiger charge is 2.18. The predicted octanol–water partition coefficient (Wildman–Crippen LogP) is 3.46. The number of sulfonamides is 1. The number of nitrogens with one attached hydrogen (secondary N) is 2. The maximum Gasteiger partial charge on any atom is 0.411 e. The zero-order valence-electron chi connectivity index (χ0n) is 15.3. The van der Waals surface area contributed by atoms with Crippen molar-refractivity contribution in [3.8, 4) is 11.5 Å². The molecular weight excluding hydrogens is 372 g/mol. The summed E-state index contributed by atoms with van der Waals surface area (Å²) in [4.78, 5) is 11.7. The van der Waals surface area contributed by atoms with Crippen LogP contribution in [-0.4, -0.2) is 34.8 Å². The fraction of sp³-hybridized carbons (Fsp3) is 0.278. The molecule has 0 bridgehead atoms. The molecule has 0 aliphatic rings. The van der Waals surface area contributed by atoms with Gasteiger partial charge < -0.3 is 14.2 Å². The molecule has 0 aliphatic heterocycles. The van der Waals surface area contributed by atoms with Crippen LogP contribution < -0.4 is 19.5 Å². The first kappa shape index (κ1) is 20.4. The Labute approximate surface area is 158 Å². The average Bonchev–Trinajstić information content (AvgIpc) is 2.64. The van der Waals surface area contributed by atoms with Crippen LogP contribution in [0.1, 0.15) is 13.8 Å². The number of rotatable bonds is 8. The smallest absolute Gasteiger partial charge is 0.411 e. The Morgan fingerprint density at radius 2 is 1.74 bits per heavy atom. The third-order valence-electron chi connectivity index (χ3n) is 3.42. The van der Waals surface area contributed by atoms with E-state index in [1.807, 2.05) is 0 Å². The van der Waals surface area contributed by atoms with Gasteiger partial charge in [-0.1, -0.05) is 0 Å². The summed E-state index contributed by atoms with van der Waals surface area (Å²) in [6.07, 6.45) is -0.698. The maximum absolute atomic E-state index is 12.7. The lowest BCUT2D eigenvalue weighted by Gasteiger charge is -2.14. The van der Waals surface area contributed by atoms with Gasteiger partial charge in [0.05, 0.1) is 30.9 Å². The summed E-state index contributed by atoms with van der Waals surface area (Å²) in [5.41, 5.74) is 0.581. The summed E-state index contributed by atoms with van der Waals surface area (Å²) < 4.78 is 43.1. The van der Waals surface area contributed by atoms with Crippen LogP contribution in [0.2, 0.25) is 0 Å². The second-order valence-corrected chi connectivity index (χ2v) is 6.95. The number of benzene rings is 2. The minimum atomic E-state index is -3.87. The Hall–Kier alpha value is -2.94. The molecule has 0 radical (unpaired) electrons. The number of amides is 1. The fourth-order valence-corrected chi connectivity index (χ4v) is 3.29. The monoisotopic (exact) mass is 394 g/mol. The number of carbonyl (C=O) groups excluding carboxylic acids is 1. The van der Waals surface area contributed by atoms with Crippen molar-refractivity contribution in [2.45, 2.75) is 18.7 Å². The Balaban J connectivity index is 2.30. The van der Waals surface area contributed by atoms with Crippen LogP contribution >= 0.6 is 0 Å². The number of hydrogen-bond acceptors (Lipinski definition) is 6. The number of ether oxygens (including phenoxy) is 3. The van der Waals surface area contributed by atoms with E-state index in [4.69, 9.17) is 14.2 Å². The molecule has 0 saturated carbocycles. The van der Waals surface area contributed by atoms with Gasteiger partial charge in [-0.25, -0.2) is 13.2 Å². The molecule has 0 spiro atoms. The fourth-order valence-electron chi connectivity index (χ4n) is 2.21. The van der Waals surface area contributed by atoms with Crippen LogP contribution in [-0.2, 0) is 14.8 Å². The summed E-state index contributed by atoms with van der Waals surface area (Å²) >= 11 is 0. The summed E-state index contributed by atoms with van der Waals surface area (Å²) in [6.45, 7) is 3.99. The zero-order chi connectivity index (χ0) is 19.9. The molecule has 2 N–H and O–H groups in total. The lowest BCUT2D eigenvalue weighted by molar-refractivity contribution is 0.167. The van der Waals surface area contributed by atoms with E-state index in [1.54, 1.807) is 38.1 Å². The van der Waals surface area contributed by atoms with Crippen LogP contribution in [0.25, 0.3) is 0 Å². The van der Waals surface area contributed by atoms with E-state index in [2.05, 4.69) is 10.0 Å². The molecule has 0 fully saturated rings. The van der Waals surface area contributed by atoms with Crippen LogP contribution in [0, 0.1) is 0 Å². The van der Waals surface area contributed by atoms with Crippen molar-refractivity contribution in [2.24, 2.45) is 0 Å². The molecule has 0 saturated heterocycles. The summed E-state index contributed by atoms with van der Waals surface area (Å²) in [6, 6.07) is 10.6. The topological polar surface area (TPSA) is 103 Å². The highest BCUT2D eigenvalue weighted by molar-refractivity contribution is 7.92. The quantitative estimate of drug-likeness (QED) is 0.711. The van der Waals surface area contributed by atoms with Gasteiger partial charge in [-0.2, -0.15) is 0 Å². The van der Waals surface area contributed by atoms with E-state index in [0.29, 0.717) is 23.8 Å². The van der Waals surface area contributed by atoms with Gasteiger partial charge in [0, 0.05) is 5.69 Å². The van der Waals surface area contributed by atoms with Crippen molar-refractivity contribution in [1.82, 2.24) is 0 Å². The predicted molar refractivity (Wildman–Crippen MR) is 102 cm³/mol. The molecule has 0 aliphatic carbocycles. The largest absolute Gasteiger partial charge is 0.497 e. The Morgan fingerprint density at radius 1 is 1.04 bits per heavy atom. The molecule has 0 heterocycles. The molecule has 0 unspecified atom stereocenters. The van der Waals surface area contributed by atoms with E-state index >= 15 is 0 Å². The molecule has 146 valence electrons. The zero-order valence-corrected chi connectivity index (χ0v) is 16.1. The number of carbonyl (C=O) groups is 1. The second kappa shape index (κ2) is 9.13. The van der Waals surface area contributed by atoms with Gasteiger partial charge >= 0.3 is 6.09 Å². The first-order valence-corrected chi connectivity index (χ1v) is 9.75. The molecule has 0 aromatic heterocycles. The van der Waals surface area contributed by atoms with Crippen molar-refractivity contribution in [2.75, 3.05) is 30.4 Å². The van der Waals surface area contributed by atoms with Crippen LogP contribution in [0.4, 0.5) is 16.2 Å². The van der Waals surface area contributed by atoms with Crippen molar-refractivity contribution >= 4 is 27.5 Å². The maximum atomic E-state index is 12.7.